The number of piperazine rings is 1. The number of hydrogen-bond acceptors (Lipinski definition) is 1. The largest absolute Gasteiger partial charge is 1.00 e. The Morgan fingerprint density at radius 2 is 1.09 bits per heavy atom. The SMILES string of the molecule is CCCCCCCCCCCCCC[N+]1(C)CCNCC1.[Cl-]. The van der Waals surface area contributed by atoms with Crippen LogP contribution in [0.4, 0.5) is 0 Å². The van der Waals surface area contributed by atoms with Gasteiger partial charge < -0.3 is 22.2 Å². The van der Waals surface area contributed by atoms with Crippen molar-refractivity contribution in [3.05, 3.63) is 0 Å². The molecule has 1 aliphatic rings. The molecule has 1 heterocycles. The van der Waals surface area contributed by atoms with Gasteiger partial charge in [-0.05, 0) is 12.8 Å². The summed E-state index contributed by atoms with van der Waals surface area (Å²) in [6.45, 7) is 8.79. The zero-order valence-electron chi connectivity index (χ0n) is 15.3. The Labute approximate surface area is 146 Å². The lowest BCUT2D eigenvalue weighted by Gasteiger charge is -2.38. The molecule has 1 saturated heterocycles. The molecular weight excluding hydrogens is 292 g/mol. The van der Waals surface area contributed by atoms with Gasteiger partial charge in [0.2, 0.25) is 0 Å². The lowest BCUT2D eigenvalue weighted by molar-refractivity contribution is -0.911. The van der Waals surface area contributed by atoms with Crippen molar-refractivity contribution in [2.24, 2.45) is 0 Å². The Hall–Kier alpha value is 0.210. The Morgan fingerprint density at radius 3 is 1.55 bits per heavy atom. The van der Waals surface area contributed by atoms with Gasteiger partial charge in [0.15, 0.2) is 0 Å². The van der Waals surface area contributed by atoms with Gasteiger partial charge in [-0.3, -0.25) is 0 Å². The molecule has 1 N–H and O–H groups in total. The molecule has 134 valence electrons. The highest BCUT2D eigenvalue weighted by molar-refractivity contribution is 4.56. The molecule has 3 heteroatoms. The highest BCUT2D eigenvalue weighted by Crippen LogP contribution is 2.13. The molecule has 0 amide bonds. The van der Waals surface area contributed by atoms with E-state index in [0.29, 0.717) is 0 Å². The van der Waals surface area contributed by atoms with Crippen LogP contribution < -0.4 is 17.7 Å². The molecule has 0 spiro atoms. The van der Waals surface area contributed by atoms with E-state index < -0.39 is 0 Å². The summed E-state index contributed by atoms with van der Waals surface area (Å²) in [4.78, 5) is 0. The lowest BCUT2D eigenvalue weighted by Crippen LogP contribution is -3.00. The molecule has 22 heavy (non-hydrogen) atoms. The molecule has 1 fully saturated rings. The normalized spacial score (nSPS) is 17.2. The van der Waals surface area contributed by atoms with Crippen molar-refractivity contribution in [3.63, 3.8) is 0 Å². The minimum Gasteiger partial charge on any atom is -1.00 e. The number of unbranched alkanes of at least 4 members (excludes halogenated alkanes) is 11. The Morgan fingerprint density at radius 1 is 0.682 bits per heavy atom. The molecular formula is C19H41ClN2. The van der Waals surface area contributed by atoms with Crippen LogP contribution in [0.1, 0.15) is 84.0 Å². The third-order valence-electron chi connectivity index (χ3n) is 5.21. The maximum Gasteiger partial charge on any atom is 0.0911 e. The van der Waals surface area contributed by atoms with Crippen LogP contribution in [-0.4, -0.2) is 44.3 Å². The van der Waals surface area contributed by atoms with E-state index in [0.717, 1.165) is 0 Å². The van der Waals surface area contributed by atoms with Crippen LogP contribution >= 0.6 is 0 Å². The molecule has 2 nitrogen and oxygen atoms in total. The molecule has 0 aromatic carbocycles. The van der Waals surface area contributed by atoms with Gasteiger partial charge in [-0.15, -0.1) is 0 Å². The Bertz CT molecular complexity index is 227. The van der Waals surface area contributed by atoms with E-state index in [2.05, 4.69) is 19.3 Å². The fraction of sp³-hybridized carbons (Fsp3) is 1.00. The Kier molecular flexibility index (Phi) is 14.9. The van der Waals surface area contributed by atoms with Crippen molar-refractivity contribution in [1.82, 2.24) is 5.32 Å². The van der Waals surface area contributed by atoms with E-state index in [1.165, 1.54) is 114 Å². The van der Waals surface area contributed by atoms with Crippen LogP contribution in [0.3, 0.4) is 0 Å². The van der Waals surface area contributed by atoms with Gasteiger partial charge in [-0.25, -0.2) is 0 Å². The molecule has 0 radical (unpaired) electrons. The molecule has 1 aliphatic heterocycles. The van der Waals surface area contributed by atoms with E-state index >= 15 is 0 Å². The predicted octanol–water partition coefficient (Wildman–Crippen LogP) is 1.74. The fourth-order valence-corrected chi connectivity index (χ4v) is 3.49. The average molecular weight is 333 g/mol. The second kappa shape index (κ2) is 14.8. The maximum absolute atomic E-state index is 3.47. The molecule has 0 atom stereocenters. The average Bonchev–Trinajstić information content (AvgIpc) is 2.49. The van der Waals surface area contributed by atoms with Crippen LogP contribution in [0.15, 0.2) is 0 Å². The van der Waals surface area contributed by atoms with Crippen molar-refractivity contribution >= 4 is 0 Å². The van der Waals surface area contributed by atoms with E-state index in [1.807, 2.05) is 0 Å². The summed E-state index contributed by atoms with van der Waals surface area (Å²) in [6, 6.07) is 0. The summed E-state index contributed by atoms with van der Waals surface area (Å²) < 4.78 is 1.31. The zero-order valence-corrected chi connectivity index (χ0v) is 16.1. The minimum absolute atomic E-state index is 0. The molecule has 0 saturated carbocycles. The first-order valence-corrected chi connectivity index (χ1v) is 9.81. The standard InChI is InChI=1S/C19H41N2.ClH/c1-3-4-5-6-7-8-9-10-11-12-13-14-17-21(2)18-15-20-16-19-21;/h20H,3-19H2,1-2H3;1H/q+1;/p-1. The predicted molar refractivity (Wildman–Crippen MR) is 94.7 cm³/mol. The quantitative estimate of drug-likeness (QED) is 0.400. The number of hydrogen-bond donors (Lipinski definition) is 1. The Balaban J connectivity index is 0.00000441. The number of nitrogens with zero attached hydrogens (tertiary/aromatic N) is 1. The van der Waals surface area contributed by atoms with E-state index in [1.54, 1.807) is 0 Å². The summed E-state index contributed by atoms with van der Waals surface area (Å²) >= 11 is 0. The van der Waals surface area contributed by atoms with Crippen molar-refractivity contribution in [1.29, 1.82) is 0 Å². The third kappa shape index (κ3) is 11.7. The smallest absolute Gasteiger partial charge is 0.0911 e. The number of rotatable bonds is 13. The zero-order chi connectivity index (χ0) is 15.2. The second-order valence-electron chi connectivity index (χ2n) is 7.43. The van der Waals surface area contributed by atoms with Gasteiger partial charge in [0, 0.05) is 13.1 Å². The van der Waals surface area contributed by atoms with Crippen LogP contribution in [0, 0.1) is 0 Å². The summed E-state index contributed by atoms with van der Waals surface area (Å²) in [5.74, 6) is 0. The van der Waals surface area contributed by atoms with Gasteiger partial charge in [0.1, 0.15) is 0 Å². The van der Waals surface area contributed by atoms with Crippen LogP contribution in [0.5, 0.6) is 0 Å². The molecule has 0 unspecified atom stereocenters. The first kappa shape index (κ1) is 22.2. The molecule has 0 aliphatic carbocycles. The summed E-state index contributed by atoms with van der Waals surface area (Å²) in [6.07, 6.45) is 17.5. The van der Waals surface area contributed by atoms with Gasteiger partial charge in [-0.1, -0.05) is 71.1 Å². The van der Waals surface area contributed by atoms with Gasteiger partial charge >= 0.3 is 0 Å². The summed E-state index contributed by atoms with van der Waals surface area (Å²) in [5, 5.41) is 3.47. The van der Waals surface area contributed by atoms with E-state index in [9.17, 15) is 0 Å². The van der Waals surface area contributed by atoms with Gasteiger partial charge in [0.25, 0.3) is 0 Å². The van der Waals surface area contributed by atoms with Crippen molar-refractivity contribution in [2.45, 2.75) is 84.0 Å². The second-order valence-corrected chi connectivity index (χ2v) is 7.43. The summed E-state index contributed by atoms with van der Waals surface area (Å²) in [5.41, 5.74) is 0. The van der Waals surface area contributed by atoms with Crippen molar-refractivity contribution < 1.29 is 16.9 Å². The number of quaternary nitrogens is 1. The molecule has 0 bridgehead atoms. The molecule has 0 aromatic rings. The first-order chi connectivity index (χ1) is 10.3. The third-order valence-corrected chi connectivity index (χ3v) is 5.21. The topological polar surface area (TPSA) is 12.0 Å². The molecule has 0 aromatic heterocycles. The van der Waals surface area contributed by atoms with Crippen LogP contribution in [0.2, 0.25) is 0 Å². The van der Waals surface area contributed by atoms with Crippen LogP contribution in [0.25, 0.3) is 0 Å². The number of likely N-dealkylation sites (N-methyl/N-ethyl adjacent to an activating group) is 1. The van der Waals surface area contributed by atoms with Crippen molar-refractivity contribution in [3.8, 4) is 0 Å². The maximum atomic E-state index is 3.47. The highest BCUT2D eigenvalue weighted by atomic mass is 35.5. The highest BCUT2D eigenvalue weighted by Gasteiger charge is 2.23. The number of halogens is 1. The van der Waals surface area contributed by atoms with E-state index in [-0.39, 0.29) is 12.4 Å². The summed E-state index contributed by atoms with van der Waals surface area (Å²) in [7, 11) is 2.44. The van der Waals surface area contributed by atoms with Gasteiger partial charge in [-0.2, -0.15) is 0 Å². The first-order valence-electron chi connectivity index (χ1n) is 9.81. The monoisotopic (exact) mass is 332 g/mol. The molecule has 1 rings (SSSR count). The van der Waals surface area contributed by atoms with Gasteiger partial charge in [0.05, 0.1) is 26.7 Å². The number of nitrogens with one attached hydrogen (secondary N) is 1. The van der Waals surface area contributed by atoms with Crippen molar-refractivity contribution in [2.75, 3.05) is 39.8 Å². The van der Waals surface area contributed by atoms with Crippen LogP contribution in [-0.2, 0) is 0 Å². The minimum atomic E-state index is 0. The lowest BCUT2D eigenvalue weighted by atomic mass is 10.0. The fourth-order valence-electron chi connectivity index (χ4n) is 3.49. The van der Waals surface area contributed by atoms with E-state index in [4.69, 9.17) is 0 Å².